The van der Waals surface area contributed by atoms with Crippen molar-refractivity contribution in [2.75, 3.05) is 19.8 Å². The van der Waals surface area contributed by atoms with E-state index in [0.717, 1.165) is 5.75 Å². The zero-order valence-electron chi connectivity index (χ0n) is 9.31. The molecule has 1 aliphatic rings. The van der Waals surface area contributed by atoms with Crippen molar-refractivity contribution < 1.29 is 9.18 Å². The number of rotatable bonds is 4. The lowest BCUT2D eigenvalue weighted by molar-refractivity contribution is -0.122. The Kier molecular flexibility index (Phi) is 3.30. The molecule has 4 heteroatoms. The predicted molar refractivity (Wildman–Crippen MR) is 64.1 cm³/mol. The summed E-state index contributed by atoms with van der Waals surface area (Å²) >= 11 is 1.62. The van der Waals surface area contributed by atoms with E-state index in [9.17, 15) is 9.18 Å². The Labute approximate surface area is 98.8 Å². The summed E-state index contributed by atoms with van der Waals surface area (Å²) in [7, 11) is 3.62. The fourth-order valence-corrected chi connectivity index (χ4v) is 2.32. The number of likely N-dealkylation sites (N-methyl/N-ethyl adjacent to an activating group) is 1. The molecule has 0 saturated carbocycles. The highest BCUT2D eigenvalue weighted by Gasteiger charge is 2.38. The monoisotopic (exact) mass is 239 g/mol. The standard InChI is InChI=1S/C12H14FNOS/c1-14(2)11(12(15)10-7-16-10)8-5-3-4-6-9(8)13/h3-6,10-11H,7H2,1-2H3/t10?,11-/m1/s1. The number of halogens is 1. The van der Waals surface area contributed by atoms with Crippen LogP contribution in [0.15, 0.2) is 24.3 Å². The zero-order chi connectivity index (χ0) is 11.7. The van der Waals surface area contributed by atoms with Crippen LogP contribution in [-0.4, -0.2) is 35.8 Å². The Morgan fingerprint density at radius 3 is 2.62 bits per heavy atom. The number of nitrogens with zero attached hydrogens (tertiary/aromatic N) is 1. The van der Waals surface area contributed by atoms with Gasteiger partial charge in [0.2, 0.25) is 0 Å². The highest BCUT2D eigenvalue weighted by molar-refractivity contribution is 8.07. The Hall–Kier alpha value is -0.870. The molecular formula is C12H14FNOS. The molecule has 1 heterocycles. The van der Waals surface area contributed by atoms with E-state index in [-0.39, 0.29) is 16.9 Å². The molecule has 1 saturated heterocycles. The van der Waals surface area contributed by atoms with E-state index in [1.165, 1.54) is 6.07 Å². The molecule has 2 rings (SSSR count). The summed E-state index contributed by atoms with van der Waals surface area (Å²) < 4.78 is 13.7. The number of hydrogen-bond donors (Lipinski definition) is 0. The van der Waals surface area contributed by atoms with Crippen LogP contribution in [0, 0.1) is 5.82 Å². The van der Waals surface area contributed by atoms with Crippen molar-refractivity contribution in [2.45, 2.75) is 11.3 Å². The quantitative estimate of drug-likeness (QED) is 0.751. The second-order valence-corrected chi connectivity index (χ2v) is 5.35. The highest BCUT2D eigenvalue weighted by atomic mass is 32.2. The number of thioether (sulfide) groups is 1. The summed E-state index contributed by atoms with van der Waals surface area (Å²) in [5, 5.41) is 0.0620. The molecule has 1 unspecified atom stereocenters. The van der Waals surface area contributed by atoms with Gasteiger partial charge in [-0.15, -0.1) is 11.8 Å². The van der Waals surface area contributed by atoms with Gasteiger partial charge in [-0.05, 0) is 20.2 Å². The summed E-state index contributed by atoms with van der Waals surface area (Å²) in [6.45, 7) is 0. The first-order valence-corrected chi connectivity index (χ1v) is 6.22. The first-order chi connectivity index (χ1) is 7.61. The lowest BCUT2D eigenvalue weighted by Gasteiger charge is -2.23. The Balaban J connectivity index is 2.32. The average Bonchev–Trinajstić information content (AvgIpc) is 3.04. The molecule has 2 nitrogen and oxygen atoms in total. The second-order valence-electron chi connectivity index (χ2n) is 4.11. The van der Waals surface area contributed by atoms with Crippen molar-refractivity contribution in [3.05, 3.63) is 35.6 Å². The topological polar surface area (TPSA) is 20.3 Å². The molecule has 1 aliphatic heterocycles. The average molecular weight is 239 g/mol. The van der Waals surface area contributed by atoms with Gasteiger partial charge in [0.15, 0.2) is 5.78 Å². The molecule has 0 N–H and O–H groups in total. The van der Waals surface area contributed by atoms with Crippen LogP contribution in [-0.2, 0) is 4.79 Å². The third-order valence-corrected chi connectivity index (χ3v) is 3.54. The maximum atomic E-state index is 13.7. The van der Waals surface area contributed by atoms with Gasteiger partial charge in [-0.25, -0.2) is 4.39 Å². The third-order valence-electron chi connectivity index (χ3n) is 2.64. The highest BCUT2D eigenvalue weighted by Crippen LogP contribution is 2.36. The minimum atomic E-state index is -0.457. The number of carbonyl (C=O) groups is 1. The van der Waals surface area contributed by atoms with Crippen LogP contribution in [0.4, 0.5) is 4.39 Å². The molecule has 0 amide bonds. The van der Waals surface area contributed by atoms with Gasteiger partial charge < -0.3 is 0 Å². The molecule has 2 atom stereocenters. The summed E-state index contributed by atoms with van der Waals surface area (Å²) in [6, 6.07) is 6.04. The first-order valence-electron chi connectivity index (χ1n) is 5.17. The molecular weight excluding hydrogens is 225 g/mol. The van der Waals surface area contributed by atoms with Crippen LogP contribution in [0.3, 0.4) is 0 Å². The number of hydrogen-bond acceptors (Lipinski definition) is 3. The Bertz CT molecular complexity index is 404. The summed E-state index contributed by atoms with van der Waals surface area (Å²) in [6.07, 6.45) is 0. The Morgan fingerprint density at radius 2 is 2.12 bits per heavy atom. The number of benzene rings is 1. The van der Waals surface area contributed by atoms with Crippen LogP contribution < -0.4 is 0 Å². The minimum Gasteiger partial charge on any atom is -0.296 e. The van der Waals surface area contributed by atoms with E-state index >= 15 is 0 Å². The van der Waals surface area contributed by atoms with E-state index < -0.39 is 6.04 Å². The zero-order valence-corrected chi connectivity index (χ0v) is 10.1. The van der Waals surface area contributed by atoms with Crippen LogP contribution >= 0.6 is 11.8 Å². The summed E-state index contributed by atoms with van der Waals surface area (Å²) in [5.74, 6) is 0.678. The van der Waals surface area contributed by atoms with Gasteiger partial charge in [0.1, 0.15) is 5.82 Å². The first kappa shape index (κ1) is 11.6. The Morgan fingerprint density at radius 1 is 1.50 bits per heavy atom. The van der Waals surface area contributed by atoms with Crippen LogP contribution in [0.1, 0.15) is 11.6 Å². The van der Waals surface area contributed by atoms with Crippen molar-refractivity contribution in [3.63, 3.8) is 0 Å². The number of ketones is 1. The van der Waals surface area contributed by atoms with Crippen molar-refractivity contribution in [3.8, 4) is 0 Å². The molecule has 0 radical (unpaired) electrons. The van der Waals surface area contributed by atoms with E-state index in [1.54, 1.807) is 34.9 Å². The van der Waals surface area contributed by atoms with Gasteiger partial charge in [0.05, 0.1) is 11.3 Å². The molecule has 0 aromatic heterocycles. The molecule has 0 spiro atoms. The molecule has 1 aromatic rings. The van der Waals surface area contributed by atoms with Crippen LogP contribution in [0.2, 0.25) is 0 Å². The lowest BCUT2D eigenvalue weighted by atomic mass is 9.99. The van der Waals surface area contributed by atoms with Crippen molar-refractivity contribution in [1.29, 1.82) is 0 Å². The van der Waals surface area contributed by atoms with E-state index in [2.05, 4.69) is 0 Å². The molecule has 86 valence electrons. The van der Waals surface area contributed by atoms with Crippen molar-refractivity contribution in [2.24, 2.45) is 0 Å². The van der Waals surface area contributed by atoms with Crippen molar-refractivity contribution in [1.82, 2.24) is 4.90 Å². The fourth-order valence-electron chi connectivity index (χ4n) is 1.77. The summed E-state index contributed by atoms with van der Waals surface area (Å²) in [5.41, 5.74) is 0.477. The minimum absolute atomic E-state index is 0.0620. The van der Waals surface area contributed by atoms with E-state index in [0.29, 0.717) is 5.56 Å². The SMILES string of the molecule is CN(C)[C@@H](C(=O)C1CS1)c1ccccc1F. The lowest BCUT2D eigenvalue weighted by Crippen LogP contribution is -2.31. The third kappa shape index (κ3) is 2.28. The van der Waals surface area contributed by atoms with Gasteiger partial charge in [-0.1, -0.05) is 18.2 Å². The van der Waals surface area contributed by atoms with Crippen LogP contribution in [0.5, 0.6) is 0 Å². The molecule has 0 bridgehead atoms. The fraction of sp³-hybridized carbons (Fsp3) is 0.417. The van der Waals surface area contributed by atoms with Gasteiger partial charge in [-0.3, -0.25) is 9.69 Å². The smallest absolute Gasteiger partial charge is 0.168 e. The van der Waals surface area contributed by atoms with Gasteiger partial charge in [0.25, 0.3) is 0 Å². The van der Waals surface area contributed by atoms with Crippen molar-refractivity contribution >= 4 is 17.5 Å². The number of carbonyl (C=O) groups excluding carboxylic acids is 1. The largest absolute Gasteiger partial charge is 0.296 e. The molecule has 1 aromatic carbocycles. The van der Waals surface area contributed by atoms with E-state index in [4.69, 9.17) is 0 Å². The summed E-state index contributed by atoms with van der Waals surface area (Å²) in [4.78, 5) is 13.8. The second kappa shape index (κ2) is 4.55. The van der Waals surface area contributed by atoms with E-state index in [1.807, 2.05) is 14.1 Å². The van der Waals surface area contributed by atoms with Gasteiger partial charge in [0, 0.05) is 11.3 Å². The maximum Gasteiger partial charge on any atom is 0.168 e. The number of Topliss-reactive ketones (excluding diaryl/α,β-unsaturated/α-hetero) is 1. The van der Waals surface area contributed by atoms with Gasteiger partial charge in [-0.2, -0.15) is 0 Å². The molecule has 0 aliphatic carbocycles. The predicted octanol–water partition coefficient (Wildman–Crippen LogP) is 2.11. The van der Waals surface area contributed by atoms with Crippen LogP contribution in [0.25, 0.3) is 0 Å². The molecule has 16 heavy (non-hydrogen) atoms. The molecule has 1 fully saturated rings. The van der Waals surface area contributed by atoms with Gasteiger partial charge >= 0.3 is 0 Å². The maximum absolute atomic E-state index is 13.7. The normalized spacial score (nSPS) is 20.9.